The largest absolute Gasteiger partial charge is 0.354 e. The topological polar surface area (TPSA) is 84.0 Å². The van der Waals surface area contributed by atoms with Crippen LogP contribution in [0.25, 0.3) is 0 Å². The molecule has 2 amide bonds. The molecular formula is C11H15ClN4O2. The Balaban J connectivity index is 2.53. The third-order valence-corrected chi connectivity index (χ3v) is 2.34. The van der Waals surface area contributed by atoms with Crippen LogP contribution in [0.4, 0.5) is 0 Å². The first-order valence-electron chi connectivity index (χ1n) is 5.60. The molecule has 1 heterocycles. The van der Waals surface area contributed by atoms with Crippen molar-refractivity contribution < 1.29 is 9.59 Å². The third kappa shape index (κ3) is 4.29. The maximum absolute atomic E-state index is 11.7. The SMILES string of the molecule is CCCNC(=O)C(C)NC(=O)c1cnc(Cl)cn1. The molecule has 0 spiro atoms. The molecular weight excluding hydrogens is 256 g/mol. The molecule has 1 rings (SSSR count). The van der Waals surface area contributed by atoms with Crippen LogP contribution < -0.4 is 10.6 Å². The monoisotopic (exact) mass is 270 g/mol. The van der Waals surface area contributed by atoms with Crippen LogP contribution in [0, 0.1) is 0 Å². The molecule has 0 radical (unpaired) electrons. The van der Waals surface area contributed by atoms with Crippen molar-refractivity contribution in [2.75, 3.05) is 6.54 Å². The minimum Gasteiger partial charge on any atom is -0.354 e. The van der Waals surface area contributed by atoms with E-state index in [0.29, 0.717) is 6.54 Å². The Bertz CT molecular complexity index is 422. The first-order chi connectivity index (χ1) is 8.54. The Kier molecular flexibility index (Phi) is 5.51. The van der Waals surface area contributed by atoms with E-state index in [1.54, 1.807) is 6.92 Å². The van der Waals surface area contributed by atoms with Crippen molar-refractivity contribution in [3.63, 3.8) is 0 Å². The maximum atomic E-state index is 11.7. The van der Waals surface area contributed by atoms with E-state index in [0.717, 1.165) is 6.42 Å². The fourth-order valence-electron chi connectivity index (χ4n) is 1.17. The molecule has 1 aromatic heterocycles. The lowest BCUT2D eigenvalue weighted by molar-refractivity contribution is -0.122. The van der Waals surface area contributed by atoms with E-state index in [1.165, 1.54) is 12.4 Å². The third-order valence-electron chi connectivity index (χ3n) is 2.14. The van der Waals surface area contributed by atoms with Crippen LogP contribution in [0.2, 0.25) is 5.15 Å². The van der Waals surface area contributed by atoms with E-state index >= 15 is 0 Å². The summed E-state index contributed by atoms with van der Waals surface area (Å²) in [4.78, 5) is 30.8. The highest BCUT2D eigenvalue weighted by molar-refractivity contribution is 6.29. The highest BCUT2D eigenvalue weighted by Gasteiger charge is 2.16. The first-order valence-corrected chi connectivity index (χ1v) is 5.98. The van der Waals surface area contributed by atoms with Gasteiger partial charge in [-0.05, 0) is 13.3 Å². The van der Waals surface area contributed by atoms with Crippen molar-refractivity contribution in [3.05, 3.63) is 23.2 Å². The molecule has 0 fully saturated rings. The number of amides is 2. The van der Waals surface area contributed by atoms with Gasteiger partial charge in [0.15, 0.2) is 0 Å². The molecule has 0 aromatic carbocycles. The lowest BCUT2D eigenvalue weighted by atomic mass is 10.3. The number of halogens is 1. The summed E-state index contributed by atoms with van der Waals surface area (Å²) < 4.78 is 0. The lowest BCUT2D eigenvalue weighted by Crippen LogP contribution is -2.45. The summed E-state index contributed by atoms with van der Waals surface area (Å²) in [6.07, 6.45) is 3.38. The fourth-order valence-corrected chi connectivity index (χ4v) is 1.26. The number of hydrogen-bond acceptors (Lipinski definition) is 4. The number of carbonyl (C=O) groups excluding carboxylic acids is 2. The van der Waals surface area contributed by atoms with Crippen molar-refractivity contribution in [3.8, 4) is 0 Å². The zero-order valence-electron chi connectivity index (χ0n) is 10.2. The average Bonchev–Trinajstić information content (AvgIpc) is 2.36. The highest BCUT2D eigenvalue weighted by Crippen LogP contribution is 2.01. The van der Waals surface area contributed by atoms with Gasteiger partial charge < -0.3 is 10.6 Å². The Morgan fingerprint density at radius 2 is 2.11 bits per heavy atom. The Morgan fingerprint density at radius 1 is 1.39 bits per heavy atom. The van der Waals surface area contributed by atoms with Crippen LogP contribution >= 0.6 is 11.6 Å². The number of carbonyl (C=O) groups is 2. The molecule has 0 saturated carbocycles. The summed E-state index contributed by atoms with van der Waals surface area (Å²) in [5.41, 5.74) is 0.120. The zero-order valence-corrected chi connectivity index (χ0v) is 11.0. The van der Waals surface area contributed by atoms with E-state index in [2.05, 4.69) is 20.6 Å². The molecule has 0 bridgehead atoms. The molecule has 2 N–H and O–H groups in total. The highest BCUT2D eigenvalue weighted by atomic mass is 35.5. The van der Waals surface area contributed by atoms with E-state index in [9.17, 15) is 9.59 Å². The molecule has 18 heavy (non-hydrogen) atoms. The van der Waals surface area contributed by atoms with Crippen LogP contribution in [0.3, 0.4) is 0 Å². The van der Waals surface area contributed by atoms with Gasteiger partial charge in [-0.15, -0.1) is 0 Å². The van der Waals surface area contributed by atoms with Crippen molar-refractivity contribution in [2.45, 2.75) is 26.3 Å². The van der Waals surface area contributed by atoms with Gasteiger partial charge >= 0.3 is 0 Å². The van der Waals surface area contributed by atoms with Gasteiger partial charge in [0.1, 0.15) is 16.9 Å². The molecule has 0 aliphatic rings. The quantitative estimate of drug-likeness (QED) is 0.828. The predicted octanol–water partition coefficient (Wildman–Crippen LogP) is 0.774. The smallest absolute Gasteiger partial charge is 0.272 e. The van der Waals surface area contributed by atoms with Gasteiger partial charge in [-0.2, -0.15) is 0 Å². The molecule has 0 aliphatic heterocycles. The molecule has 98 valence electrons. The number of rotatable bonds is 5. The van der Waals surface area contributed by atoms with Crippen molar-refractivity contribution in [2.24, 2.45) is 0 Å². The standard InChI is InChI=1S/C11H15ClN4O2/c1-3-4-13-10(17)7(2)16-11(18)8-5-15-9(12)6-14-8/h5-7H,3-4H2,1-2H3,(H,13,17)(H,16,18). The van der Waals surface area contributed by atoms with Gasteiger partial charge in [0.05, 0.1) is 12.4 Å². The summed E-state index contributed by atoms with van der Waals surface area (Å²) in [5.74, 6) is -0.689. The Labute approximate surface area is 110 Å². The van der Waals surface area contributed by atoms with Gasteiger partial charge in [-0.3, -0.25) is 9.59 Å². The van der Waals surface area contributed by atoms with E-state index in [-0.39, 0.29) is 16.8 Å². The average molecular weight is 271 g/mol. The second-order valence-electron chi connectivity index (χ2n) is 3.71. The lowest BCUT2D eigenvalue weighted by Gasteiger charge is -2.13. The summed E-state index contributed by atoms with van der Waals surface area (Å²) >= 11 is 5.56. The second kappa shape index (κ2) is 6.90. The minimum atomic E-state index is -0.624. The maximum Gasteiger partial charge on any atom is 0.272 e. The van der Waals surface area contributed by atoms with Crippen molar-refractivity contribution in [1.29, 1.82) is 0 Å². The molecule has 7 heteroatoms. The van der Waals surface area contributed by atoms with Crippen LogP contribution in [0.15, 0.2) is 12.4 Å². The Morgan fingerprint density at radius 3 is 2.67 bits per heavy atom. The number of nitrogens with zero attached hydrogens (tertiary/aromatic N) is 2. The van der Waals surface area contributed by atoms with Gasteiger partial charge in [0, 0.05) is 6.54 Å². The van der Waals surface area contributed by atoms with Crippen LogP contribution in [0.1, 0.15) is 30.8 Å². The number of hydrogen-bond donors (Lipinski definition) is 2. The van der Waals surface area contributed by atoms with Crippen molar-refractivity contribution >= 4 is 23.4 Å². The van der Waals surface area contributed by atoms with Gasteiger partial charge in [0.25, 0.3) is 5.91 Å². The molecule has 1 atom stereocenters. The van der Waals surface area contributed by atoms with Crippen LogP contribution in [-0.4, -0.2) is 34.4 Å². The van der Waals surface area contributed by atoms with Gasteiger partial charge in [-0.1, -0.05) is 18.5 Å². The Hall–Kier alpha value is -1.69. The molecule has 1 unspecified atom stereocenters. The summed E-state index contributed by atoms with van der Waals surface area (Å²) in [6, 6.07) is -0.624. The predicted molar refractivity (Wildman–Crippen MR) is 67.3 cm³/mol. The van der Waals surface area contributed by atoms with E-state index in [4.69, 9.17) is 11.6 Å². The fraction of sp³-hybridized carbons (Fsp3) is 0.455. The van der Waals surface area contributed by atoms with Crippen molar-refractivity contribution in [1.82, 2.24) is 20.6 Å². The minimum absolute atomic E-state index is 0.120. The van der Waals surface area contributed by atoms with Crippen LogP contribution in [-0.2, 0) is 4.79 Å². The summed E-state index contributed by atoms with van der Waals surface area (Å²) in [5, 5.41) is 5.42. The van der Waals surface area contributed by atoms with Gasteiger partial charge in [0.2, 0.25) is 5.91 Å². The van der Waals surface area contributed by atoms with E-state index in [1.807, 2.05) is 6.92 Å². The molecule has 6 nitrogen and oxygen atoms in total. The second-order valence-corrected chi connectivity index (χ2v) is 4.10. The van der Waals surface area contributed by atoms with E-state index < -0.39 is 11.9 Å². The zero-order chi connectivity index (χ0) is 13.5. The summed E-state index contributed by atoms with van der Waals surface area (Å²) in [7, 11) is 0. The van der Waals surface area contributed by atoms with Gasteiger partial charge in [-0.25, -0.2) is 9.97 Å². The van der Waals surface area contributed by atoms with Crippen LogP contribution in [0.5, 0.6) is 0 Å². The summed E-state index contributed by atoms with van der Waals surface area (Å²) in [6.45, 7) is 4.14. The number of aromatic nitrogens is 2. The normalized spacial score (nSPS) is 11.7. The molecule has 0 aliphatic carbocycles. The molecule has 1 aromatic rings. The molecule has 0 saturated heterocycles. The first kappa shape index (κ1) is 14.4. The number of nitrogens with one attached hydrogen (secondary N) is 2.